The molecule has 106 valence electrons. The highest BCUT2D eigenvalue weighted by molar-refractivity contribution is 5.75. The van der Waals surface area contributed by atoms with Gasteiger partial charge in [0.05, 0.1) is 12.7 Å². The van der Waals surface area contributed by atoms with Gasteiger partial charge in [0.25, 0.3) is 0 Å². The molecule has 1 unspecified atom stereocenters. The summed E-state index contributed by atoms with van der Waals surface area (Å²) in [5.74, 6) is 0.129. The van der Waals surface area contributed by atoms with Crippen LogP contribution in [-0.2, 0) is 9.53 Å². The molecule has 0 aliphatic carbocycles. The summed E-state index contributed by atoms with van der Waals surface area (Å²) in [5.41, 5.74) is 0. The zero-order chi connectivity index (χ0) is 13.2. The van der Waals surface area contributed by atoms with Crippen molar-refractivity contribution in [3.05, 3.63) is 0 Å². The minimum absolute atomic E-state index is 0.129. The number of morpholine rings is 1. The Morgan fingerprint density at radius 1 is 1.39 bits per heavy atom. The second kappa shape index (κ2) is 9.30. The Labute approximate surface area is 110 Å². The molecule has 1 aliphatic heterocycles. The van der Waals surface area contributed by atoms with Gasteiger partial charge in [-0.2, -0.15) is 0 Å². The number of nitrogens with one attached hydrogen (secondary N) is 2. The average Bonchev–Trinajstić information content (AvgIpc) is 2.41. The molecule has 0 radical (unpaired) electrons. The number of nitrogens with zero attached hydrogens (tertiary/aromatic N) is 1. The molecule has 0 aromatic rings. The minimum Gasteiger partial charge on any atom is -0.374 e. The summed E-state index contributed by atoms with van der Waals surface area (Å²) in [6.45, 7) is 10.5. The highest BCUT2D eigenvalue weighted by atomic mass is 16.5. The van der Waals surface area contributed by atoms with Crippen LogP contribution in [0.1, 0.15) is 26.7 Å². The van der Waals surface area contributed by atoms with Crippen molar-refractivity contribution in [1.82, 2.24) is 15.5 Å². The Morgan fingerprint density at radius 3 is 2.94 bits per heavy atom. The third kappa shape index (κ3) is 6.33. The van der Waals surface area contributed by atoms with E-state index in [1.807, 2.05) is 0 Å². The number of hydrogen-bond acceptors (Lipinski definition) is 4. The molecule has 1 atom stereocenters. The van der Waals surface area contributed by atoms with Gasteiger partial charge >= 0.3 is 0 Å². The van der Waals surface area contributed by atoms with Gasteiger partial charge in [0.2, 0.25) is 5.91 Å². The zero-order valence-electron chi connectivity index (χ0n) is 11.7. The van der Waals surface area contributed by atoms with Crippen LogP contribution >= 0.6 is 0 Å². The van der Waals surface area contributed by atoms with Gasteiger partial charge in [-0.15, -0.1) is 0 Å². The monoisotopic (exact) mass is 257 g/mol. The lowest BCUT2D eigenvalue weighted by molar-refractivity contribution is -0.121. The molecule has 0 saturated carbocycles. The quantitative estimate of drug-likeness (QED) is 0.611. The van der Waals surface area contributed by atoms with Crippen molar-refractivity contribution >= 4 is 5.91 Å². The average molecular weight is 257 g/mol. The van der Waals surface area contributed by atoms with Crippen LogP contribution in [0.25, 0.3) is 0 Å². The molecule has 1 saturated heterocycles. The first-order chi connectivity index (χ1) is 8.76. The second-order valence-corrected chi connectivity index (χ2v) is 4.69. The first-order valence-electron chi connectivity index (χ1n) is 7.07. The number of likely N-dealkylation sites (N-methyl/N-ethyl adjacent to an activating group) is 1. The van der Waals surface area contributed by atoms with Crippen LogP contribution in [0.5, 0.6) is 0 Å². The first-order valence-corrected chi connectivity index (χ1v) is 7.07. The van der Waals surface area contributed by atoms with Crippen LogP contribution in [0.3, 0.4) is 0 Å². The lowest BCUT2D eigenvalue weighted by atomic mass is 10.2. The number of amides is 1. The molecule has 1 fully saturated rings. The molecule has 0 aromatic heterocycles. The van der Waals surface area contributed by atoms with E-state index < -0.39 is 0 Å². The number of ether oxygens (including phenoxy) is 1. The molecule has 5 nitrogen and oxygen atoms in total. The van der Waals surface area contributed by atoms with Crippen molar-refractivity contribution in [3.8, 4) is 0 Å². The number of carbonyl (C=O) groups is 1. The predicted molar refractivity (Wildman–Crippen MR) is 72.6 cm³/mol. The summed E-state index contributed by atoms with van der Waals surface area (Å²) in [4.78, 5) is 13.8. The Kier molecular flexibility index (Phi) is 7.96. The molecular weight excluding hydrogens is 230 g/mol. The van der Waals surface area contributed by atoms with Crippen molar-refractivity contribution in [2.75, 3.05) is 45.9 Å². The molecule has 5 heteroatoms. The predicted octanol–water partition coefficient (Wildman–Crippen LogP) is 0.213. The zero-order valence-corrected chi connectivity index (χ0v) is 11.7. The summed E-state index contributed by atoms with van der Waals surface area (Å²) in [5, 5.41) is 6.16. The highest BCUT2D eigenvalue weighted by Gasteiger charge is 2.18. The maximum absolute atomic E-state index is 11.4. The van der Waals surface area contributed by atoms with E-state index in [1.54, 1.807) is 0 Å². The fraction of sp³-hybridized carbons (Fsp3) is 0.923. The maximum Gasteiger partial charge on any atom is 0.221 e. The lowest BCUT2D eigenvalue weighted by Crippen LogP contribution is -2.46. The van der Waals surface area contributed by atoms with E-state index in [4.69, 9.17) is 4.74 Å². The van der Waals surface area contributed by atoms with E-state index in [2.05, 4.69) is 29.4 Å². The van der Waals surface area contributed by atoms with Crippen LogP contribution < -0.4 is 10.6 Å². The van der Waals surface area contributed by atoms with Crippen LogP contribution in [-0.4, -0.2) is 62.8 Å². The number of carbonyl (C=O) groups excluding carboxylic acids is 1. The minimum atomic E-state index is 0.129. The Bertz CT molecular complexity index is 236. The smallest absolute Gasteiger partial charge is 0.221 e. The van der Waals surface area contributed by atoms with Crippen molar-refractivity contribution in [2.45, 2.75) is 32.8 Å². The lowest BCUT2D eigenvalue weighted by Gasteiger charge is -2.32. The third-order valence-corrected chi connectivity index (χ3v) is 3.14. The van der Waals surface area contributed by atoms with Gasteiger partial charge in [-0.1, -0.05) is 13.8 Å². The SMILES string of the molecule is CCCNC(=O)CCNCC1CN(CC)CCO1. The van der Waals surface area contributed by atoms with Gasteiger partial charge in [-0.05, 0) is 13.0 Å². The third-order valence-electron chi connectivity index (χ3n) is 3.14. The van der Waals surface area contributed by atoms with Gasteiger partial charge in [-0.3, -0.25) is 9.69 Å². The molecule has 1 heterocycles. The van der Waals surface area contributed by atoms with E-state index in [-0.39, 0.29) is 12.0 Å². The summed E-state index contributed by atoms with van der Waals surface area (Å²) < 4.78 is 5.68. The molecule has 18 heavy (non-hydrogen) atoms. The Hall–Kier alpha value is -0.650. The molecule has 0 bridgehead atoms. The van der Waals surface area contributed by atoms with Gasteiger partial charge in [0.1, 0.15) is 0 Å². The van der Waals surface area contributed by atoms with E-state index >= 15 is 0 Å². The van der Waals surface area contributed by atoms with Crippen molar-refractivity contribution < 1.29 is 9.53 Å². The highest BCUT2D eigenvalue weighted by Crippen LogP contribution is 2.03. The van der Waals surface area contributed by atoms with E-state index in [0.717, 1.165) is 52.3 Å². The Balaban J connectivity index is 2.01. The summed E-state index contributed by atoms with van der Waals surface area (Å²) in [6.07, 6.45) is 1.80. The summed E-state index contributed by atoms with van der Waals surface area (Å²) in [6, 6.07) is 0. The molecule has 1 aliphatic rings. The molecule has 1 rings (SSSR count). The van der Waals surface area contributed by atoms with E-state index in [1.165, 1.54) is 0 Å². The van der Waals surface area contributed by atoms with Gasteiger partial charge < -0.3 is 15.4 Å². The standard InChI is InChI=1S/C13H27N3O2/c1-3-6-15-13(17)5-7-14-10-12-11-16(4-2)8-9-18-12/h12,14H,3-11H2,1-2H3,(H,15,17). The van der Waals surface area contributed by atoms with Crippen molar-refractivity contribution in [3.63, 3.8) is 0 Å². The summed E-state index contributed by atoms with van der Waals surface area (Å²) >= 11 is 0. The van der Waals surface area contributed by atoms with Gasteiger partial charge in [-0.25, -0.2) is 0 Å². The summed E-state index contributed by atoms with van der Waals surface area (Å²) in [7, 11) is 0. The molecule has 0 aromatic carbocycles. The first kappa shape index (κ1) is 15.4. The van der Waals surface area contributed by atoms with Crippen LogP contribution in [0, 0.1) is 0 Å². The fourth-order valence-electron chi connectivity index (χ4n) is 2.01. The number of hydrogen-bond donors (Lipinski definition) is 2. The van der Waals surface area contributed by atoms with E-state index in [9.17, 15) is 4.79 Å². The fourth-order valence-corrected chi connectivity index (χ4v) is 2.01. The second-order valence-electron chi connectivity index (χ2n) is 4.69. The topological polar surface area (TPSA) is 53.6 Å². The van der Waals surface area contributed by atoms with Gasteiger partial charge in [0, 0.05) is 39.1 Å². The normalized spacial score (nSPS) is 20.9. The van der Waals surface area contributed by atoms with Crippen LogP contribution in [0.15, 0.2) is 0 Å². The van der Waals surface area contributed by atoms with Crippen LogP contribution in [0.4, 0.5) is 0 Å². The largest absolute Gasteiger partial charge is 0.374 e. The van der Waals surface area contributed by atoms with Crippen molar-refractivity contribution in [1.29, 1.82) is 0 Å². The van der Waals surface area contributed by atoms with Crippen LogP contribution in [0.2, 0.25) is 0 Å². The molecule has 0 spiro atoms. The molecular formula is C13H27N3O2. The molecule has 2 N–H and O–H groups in total. The number of rotatable bonds is 8. The Morgan fingerprint density at radius 2 is 2.22 bits per heavy atom. The van der Waals surface area contributed by atoms with Gasteiger partial charge in [0.15, 0.2) is 0 Å². The molecule has 1 amide bonds. The van der Waals surface area contributed by atoms with Crippen molar-refractivity contribution in [2.24, 2.45) is 0 Å². The maximum atomic E-state index is 11.4. The van der Waals surface area contributed by atoms with E-state index in [0.29, 0.717) is 6.42 Å².